The summed E-state index contributed by atoms with van der Waals surface area (Å²) in [4.78, 5) is 2.34. The Morgan fingerprint density at radius 1 is 1.26 bits per heavy atom. The van der Waals surface area contributed by atoms with Gasteiger partial charge in [0.25, 0.3) is 9.84 Å². The predicted octanol–water partition coefficient (Wildman–Crippen LogP) is 0.598. The molecular weight excluding hydrogens is 340 g/mol. The first kappa shape index (κ1) is 17.0. The molecule has 0 aliphatic heterocycles. The van der Waals surface area contributed by atoms with E-state index in [4.69, 9.17) is 4.74 Å². The third kappa shape index (κ3) is 3.22. The van der Waals surface area contributed by atoms with Gasteiger partial charge in [-0.05, 0) is 24.3 Å². The number of hydrogen-bond donors (Lipinski definition) is 0. The summed E-state index contributed by atoms with van der Waals surface area (Å²) in [5.74, 6) is 0. The summed E-state index contributed by atoms with van der Waals surface area (Å²) in [6, 6.07) is 7.78. The second-order valence-electron chi connectivity index (χ2n) is 4.46. The summed E-state index contributed by atoms with van der Waals surface area (Å²) < 4.78 is 53.0. The van der Waals surface area contributed by atoms with Crippen LogP contribution in [0.5, 0.6) is 0 Å². The van der Waals surface area contributed by atoms with Crippen LogP contribution in [0.3, 0.4) is 0 Å². The van der Waals surface area contributed by atoms with Gasteiger partial charge in [0.2, 0.25) is 10.3 Å². The standard InChI is InChI=1S/C14H12N2O5S2/c1-21-13-11(22(17)18)8-5-9-12(13)23(19,20)14(16-15)10-6-3-2-4-7-10/h2-9,13H,1H3. The second kappa shape index (κ2) is 6.84. The molecule has 0 radical (unpaired) electrons. The van der Waals surface area contributed by atoms with Crippen LogP contribution in [0, 0.1) is 0 Å². The van der Waals surface area contributed by atoms with Crippen LogP contribution in [0.4, 0.5) is 0 Å². The van der Waals surface area contributed by atoms with Crippen molar-refractivity contribution in [2.45, 2.75) is 6.10 Å². The molecule has 1 atom stereocenters. The summed E-state index contributed by atoms with van der Waals surface area (Å²) in [5.41, 5.74) is 9.35. The number of hydrogen-bond acceptors (Lipinski definition) is 5. The lowest BCUT2D eigenvalue weighted by molar-refractivity contribution is 0.000629. The van der Waals surface area contributed by atoms with Crippen molar-refractivity contribution in [3.63, 3.8) is 0 Å². The van der Waals surface area contributed by atoms with Gasteiger partial charge in [-0.15, -0.1) is 0 Å². The minimum Gasteiger partial charge on any atom is -0.370 e. The Kier molecular flexibility index (Phi) is 5.07. The van der Waals surface area contributed by atoms with E-state index in [1.807, 2.05) is 0 Å². The maximum absolute atomic E-state index is 12.8. The lowest BCUT2D eigenvalue weighted by Gasteiger charge is -2.18. The Morgan fingerprint density at radius 2 is 1.91 bits per heavy atom. The van der Waals surface area contributed by atoms with Gasteiger partial charge in [0, 0.05) is 7.11 Å². The molecule has 0 aromatic heterocycles. The average Bonchev–Trinajstić information content (AvgIpc) is 2.55. The minimum atomic E-state index is -4.26. The van der Waals surface area contributed by atoms with Gasteiger partial charge in [-0.25, -0.2) is 8.42 Å². The van der Waals surface area contributed by atoms with E-state index in [1.165, 1.54) is 37.5 Å². The van der Waals surface area contributed by atoms with Crippen LogP contribution in [0.1, 0.15) is 5.56 Å². The summed E-state index contributed by atoms with van der Waals surface area (Å²) in [6.45, 7) is 0. The molecule has 0 saturated carbocycles. The third-order valence-corrected chi connectivity index (χ3v) is 5.67. The average molecular weight is 352 g/mol. The number of methoxy groups -OCH3 is 1. The van der Waals surface area contributed by atoms with Crippen LogP contribution in [-0.2, 0) is 24.9 Å². The van der Waals surface area contributed by atoms with Crippen molar-refractivity contribution < 1.29 is 26.4 Å². The van der Waals surface area contributed by atoms with Crippen LogP contribution >= 0.6 is 0 Å². The number of benzene rings is 1. The molecule has 23 heavy (non-hydrogen) atoms. The van der Waals surface area contributed by atoms with Crippen molar-refractivity contribution in [2.24, 2.45) is 0 Å². The number of rotatable bonds is 3. The Morgan fingerprint density at radius 3 is 2.43 bits per heavy atom. The zero-order chi connectivity index (χ0) is 17.0. The van der Waals surface area contributed by atoms with Gasteiger partial charge >= 0.3 is 5.04 Å². The molecule has 1 aliphatic carbocycles. The second-order valence-corrected chi connectivity index (χ2v) is 7.26. The van der Waals surface area contributed by atoms with Gasteiger partial charge in [-0.2, -0.15) is 13.2 Å². The maximum atomic E-state index is 12.8. The molecule has 0 saturated heterocycles. The maximum Gasteiger partial charge on any atom is 0.416 e. The van der Waals surface area contributed by atoms with Crippen molar-refractivity contribution in [3.05, 3.63) is 64.6 Å². The highest BCUT2D eigenvalue weighted by atomic mass is 32.2. The van der Waals surface area contributed by atoms with E-state index in [0.29, 0.717) is 0 Å². The first-order valence-corrected chi connectivity index (χ1v) is 8.89. The van der Waals surface area contributed by atoms with Crippen LogP contribution in [-0.4, -0.2) is 44.7 Å². The third-order valence-electron chi connectivity index (χ3n) is 3.14. The molecule has 7 nitrogen and oxygen atoms in total. The molecule has 1 aliphatic rings. The van der Waals surface area contributed by atoms with E-state index in [9.17, 15) is 22.4 Å². The fourth-order valence-corrected chi connectivity index (χ4v) is 4.32. The molecule has 0 heterocycles. The van der Waals surface area contributed by atoms with E-state index < -0.39 is 31.3 Å². The highest BCUT2D eigenvalue weighted by molar-refractivity contribution is 8.10. The van der Waals surface area contributed by atoms with Crippen molar-refractivity contribution >= 4 is 30.0 Å². The van der Waals surface area contributed by atoms with Gasteiger partial charge in [0.15, 0.2) is 0 Å². The lowest BCUT2D eigenvalue weighted by atomic mass is 10.1. The topological polar surface area (TPSA) is 114 Å². The van der Waals surface area contributed by atoms with E-state index in [2.05, 4.69) is 4.79 Å². The normalized spacial score (nSPS) is 17.3. The van der Waals surface area contributed by atoms with E-state index in [0.717, 1.165) is 0 Å². The quantitative estimate of drug-likeness (QED) is 0.260. The van der Waals surface area contributed by atoms with Crippen molar-refractivity contribution in [1.29, 1.82) is 0 Å². The first-order valence-electron chi connectivity index (χ1n) is 6.33. The molecular formula is C14H12N2O5S2. The molecule has 2 rings (SSSR count). The smallest absolute Gasteiger partial charge is 0.370 e. The molecule has 1 unspecified atom stereocenters. The Bertz CT molecular complexity index is 959. The number of sulfone groups is 1. The Balaban J connectivity index is 2.64. The molecule has 0 bridgehead atoms. The number of ether oxygens (including phenoxy) is 1. The van der Waals surface area contributed by atoms with Crippen molar-refractivity contribution in [2.75, 3.05) is 7.11 Å². The molecule has 0 spiro atoms. The van der Waals surface area contributed by atoms with Gasteiger partial charge in [0.1, 0.15) is 11.0 Å². The summed E-state index contributed by atoms with van der Waals surface area (Å²) in [6.07, 6.45) is 2.44. The Labute approximate surface area is 134 Å². The van der Waals surface area contributed by atoms with Crippen LogP contribution in [0.2, 0.25) is 0 Å². The summed E-state index contributed by atoms with van der Waals surface area (Å²) in [7, 11) is -5.72. The largest absolute Gasteiger partial charge is 0.416 e. The predicted molar refractivity (Wildman–Crippen MR) is 85.0 cm³/mol. The molecule has 1 aromatic rings. The lowest BCUT2D eigenvalue weighted by Crippen LogP contribution is -2.34. The highest BCUT2D eigenvalue weighted by Crippen LogP contribution is 2.23. The molecule has 0 N–H and O–H groups in total. The van der Waals surface area contributed by atoms with Gasteiger partial charge in [0.05, 0.1) is 10.5 Å². The number of nitrogens with zero attached hydrogens (tertiary/aromatic N) is 2. The Hall–Kier alpha value is -2.32. The number of allylic oxidation sites excluding steroid dienone is 2. The zero-order valence-electron chi connectivity index (χ0n) is 11.9. The fourth-order valence-electron chi connectivity index (χ4n) is 2.12. The van der Waals surface area contributed by atoms with Crippen LogP contribution in [0.15, 0.2) is 53.5 Å². The fraction of sp³-hybridized carbons (Fsp3) is 0.143. The molecule has 9 heteroatoms. The van der Waals surface area contributed by atoms with E-state index in [-0.39, 0.29) is 15.3 Å². The van der Waals surface area contributed by atoms with Crippen LogP contribution in [0.25, 0.3) is 5.53 Å². The zero-order valence-corrected chi connectivity index (χ0v) is 13.6. The SMILES string of the molecule is COC1C(S(=O)(=O)C(=[N+]=[N-])c2ccccc2)=CC=CC1=S(=O)=O. The molecule has 1 aromatic carbocycles. The molecule has 0 fully saturated rings. The first-order chi connectivity index (χ1) is 10.9. The summed E-state index contributed by atoms with van der Waals surface area (Å²) in [5, 5.41) is -0.585. The van der Waals surface area contributed by atoms with Crippen molar-refractivity contribution in [1.82, 2.24) is 0 Å². The summed E-state index contributed by atoms with van der Waals surface area (Å²) >= 11 is 0. The molecule has 0 amide bonds. The van der Waals surface area contributed by atoms with E-state index in [1.54, 1.807) is 18.2 Å². The minimum absolute atomic E-state index is 0.171. The highest BCUT2D eigenvalue weighted by Gasteiger charge is 2.40. The van der Waals surface area contributed by atoms with Crippen molar-refractivity contribution in [3.8, 4) is 0 Å². The van der Waals surface area contributed by atoms with Crippen LogP contribution < -0.4 is 0 Å². The van der Waals surface area contributed by atoms with Gasteiger partial charge in [-0.3, -0.25) is 0 Å². The van der Waals surface area contributed by atoms with Gasteiger partial charge < -0.3 is 10.3 Å². The van der Waals surface area contributed by atoms with E-state index >= 15 is 0 Å². The monoisotopic (exact) mass is 352 g/mol. The molecule has 120 valence electrons. The van der Waals surface area contributed by atoms with Gasteiger partial charge in [-0.1, -0.05) is 24.3 Å².